The van der Waals surface area contributed by atoms with Gasteiger partial charge >= 0.3 is 12.1 Å². The highest BCUT2D eigenvalue weighted by atomic mass is 32.2. The summed E-state index contributed by atoms with van der Waals surface area (Å²) in [5.41, 5.74) is 0. The van der Waals surface area contributed by atoms with Crippen molar-refractivity contribution in [2.75, 3.05) is 25.0 Å². The molecule has 134 valence electrons. The van der Waals surface area contributed by atoms with Crippen LogP contribution in [0.5, 0.6) is 0 Å². The van der Waals surface area contributed by atoms with Crippen molar-refractivity contribution in [3.8, 4) is 0 Å². The number of amides is 1. The zero-order chi connectivity index (χ0) is 17.5. The molecule has 0 saturated carbocycles. The van der Waals surface area contributed by atoms with Crippen molar-refractivity contribution in [3.63, 3.8) is 0 Å². The van der Waals surface area contributed by atoms with Crippen molar-refractivity contribution in [1.82, 2.24) is 20.1 Å². The Kier molecular flexibility index (Phi) is 6.10. The Morgan fingerprint density at radius 3 is 2.84 bits per heavy atom. The smallest absolute Gasteiger partial charge is 0.409 e. The molecule has 1 amide bonds. The van der Waals surface area contributed by atoms with Crippen molar-refractivity contribution < 1.29 is 13.9 Å². The Morgan fingerprint density at radius 2 is 2.12 bits per heavy atom. The average Bonchev–Trinajstić information content (AvgIpc) is 3.09. The van der Waals surface area contributed by atoms with Crippen LogP contribution in [0, 0.1) is 0 Å². The van der Waals surface area contributed by atoms with E-state index in [1.165, 1.54) is 0 Å². The first-order valence-electron chi connectivity index (χ1n) is 8.28. The van der Waals surface area contributed by atoms with Crippen LogP contribution in [-0.2, 0) is 10.5 Å². The minimum atomic E-state index is -0.242. The molecular formula is C16H21N5O3S. The molecule has 1 fully saturated rings. The van der Waals surface area contributed by atoms with E-state index in [2.05, 4.69) is 20.5 Å². The summed E-state index contributed by atoms with van der Waals surface area (Å²) in [6.07, 6.45) is 4.91. The van der Waals surface area contributed by atoms with E-state index < -0.39 is 0 Å². The van der Waals surface area contributed by atoms with Gasteiger partial charge in [-0.05, 0) is 31.9 Å². The lowest BCUT2D eigenvalue weighted by Gasteiger charge is -2.31. The molecular weight excluding hydrogens is 342 g/mol. The van der Waals surface area contributed by atoms with Gasteiger partial charge in [-0.2, -0.15) is 0 Å². The highest BCUT2D eigenvalue weighted by Crippen LogP contribution is 2.22. The first-order valence-corrected chi connectivity index (χ1v) is 9.26. The van der Waals surface area contributed by atoms with Crippen molar-refractivity contribution in [2.24, 2.45) is 0 Å². The molecule has 1 saturated heterocycles. The molecule has 8 nitrogen and oxygen atoms in total. The number of nitrogens with zero attached hydrogens (tertiary/aromatic N) is 4. The molecule has 9 heteroatoms. The maximum Gasteiger partial charge on any atom is 0.409 e. The topological polar surface area (TPSA) is 93.4 Å². The van der Waals surface area contributed by atoms with E-state index in [9.17, 15) is 4.79 Å². The first kappa shape index (κ1) is 17.5. The van der Waals surface area contributed by atoms with Crippen LogP contribution in [0.2, 0.25) is 0 Å². The number of hydrogen-bond acceptors (Lipinski definition) is 8. The second-order valence-corrected chi connectivity index (χ2v) is 6.63. The van der Waals surface area contributed by atoms with E-state index >= 15 is 0 Å². The van der Waals surface area contributed by atoms with Crippen molar-refractivity contribution in [1.29, 1.82) is 0 Å². The molecule has 1 aliphatic heterocycles. The van der Waals surface area contributed by atoms with Crippen LogP contribution in [0.25, 0.3) is 0 Å². The van der Waals surface area contributed by atoms with Gasteiger partial charge in [-0.3, -0.25) is 4.98 Å². The lowest BCUT2D eigenvalue weighted by atomic mass is 10.1. The van der Waals surface area contributed by atoms with Gasteiger partial charge in [-0.25, -0.2) is 4.79 Å². The van der Waals surface area contributed by atoms with Crippen LogP contribution < -0.4 is 5.32 Å². The quantitative estimate of drug-likeness (QED) is 0.783. The number of nitrogens with one attached hydrogen (secondary N) is 1. The lowest BCUT2D eigenvalue weighted by Crippen LogP contribution is -2.42. The molecule has 0 spiro atoms. The second-order valence-electron chi connectivity index (χ2n) is 5.58. The summed E-state index contributed by atoms with van der Waals surface area (Å²) in [6.45, 7) is 3.54. The molecule has 1 aliphatic rings. The summed E-state index contributed by atoms with van der Waals surface area (Å²) >= 11 is 1.62. The Morgan fingerprint density at radius 1 is 1.36 bits per heavy atom. The van der Waals surface area contributed by atoms with Gasteiger partial charge in [-0.15, -0.1) is 16.9 Å². The van der Waals surface area contributed by atoms with E-state index in [0.717, 1.165) is 17.7 Å². The van der Waals surface area contributed by atoms with E-state index in [1.807, 2.05) is 19.1 Å². The number of carbonyl (C=O) groups excluding carboxylic acids is 1. The Hall–Kier alpha value is -2.29. The van der Waals surface area contributed by atoms with Crippen LogP contribution in [0.1, 0.15) is 25.7 Å². The van der Waals surface area contributed by atoms with Crippen molar-refractivity contribution in [3.05, 3.63) is 30.4 Å². The molecule has 0 aliphatic carbocycles. The molecule has 2 aromatic rings. The number of piperidine rings is 1. The summed E-state index contributed by atoms with van der Waals surface area (Å²) in [4.78, 5) is 18.5. The molecule has 0 aromatic carbocycles. The third-order valence-electron chi connectivity index (χ3n) is 3.83. The Balaban J connectivity index is 1.44. The monoisotopic (exact) mass is 363 g/mol. The summed E-state index contributed by atoms with van der Waals surface area (Å²) < 4.78 is 10.7. The number of pyridine rings is 1. The zero-order valence-corrected chi connectivity index (χ0v) is 14.9. The molecule has 1 N–H and O–H groups in total. The van der Waals surface area contributed by atoms with Crippen LogP contribution in [-0.4, -0.2) is 51.9 Å². The Labute approximate surface area is 150 Å². The molecule has 0 radical (unpaired) electrons. The van der Waals surface area contributed by atoms with Crippen LogP contribution in [0.3, 0.4) is 0 Å². The molecule has 2 aromatic heterocycles. The van der Waals surface area contributed by atoms with Crippen LogP contribution in [0.4, 0.5) is 10.8 Å². The van der Waals surface area contributed by atoms with Gasteiger partial charge in [0.15, 0.2) is 0 Å². The number of carbonyl (C=O) groups is 1. The second kappa shape index (κ2) is 8.70. The molecule has 0 atom stereocenters. The molecule has 0 unspecified atom stereocenters. The summed E-state index contributed by atoms with van der Waals surface area (Å²) in [5, 5.41) is 11.4. The fourth-order valence-corrected chi connectivity index (χ4v) is 3.27. The minimum absolute atomic E-state index is 0.215. The summed E-state index contributed by atoms with van der Waals surface area (Å²) in [5.74, 6) is 1.19. The number of thioether (sulfide) groups is 1. The zero-order valence-electron chi connectivity index (χ0n) is 14.1. The number of rotatable bonds is 6. The number of ether oxygens (including phenoxy) is 1. The fourth-order valence-electron chi connectivity index (χ4n) is 2.55. The predicted octanol–water partition coefficient (Wildman–Crippen LogP) is 2.79. The Bertz CT molecular complexity index is 673. The van der Waals surface area contributed by atoms with Gasteiger partial charge in [0, 0.05) is 36.4 Å². The van der Waals surface area contributed by atoms with Gasteiger partial charge in [0.2, 0.25) is 5.89 Å². The average molecular weight is 363 g/mol. The van der Waals surface area contributed by atoms with Gasteiger partial charge in [0.1, 0.15) is 0 Å². The van der Waals surface area contributed by atoms with Crippen molar-refractivity contribution in [2.45, 2.75) is 36.5 Å². The first-order chi connectivity index (χ1) is 12.2. The maximum absolute atomic E-state index is 11.7. The number of likely N-dealkylation sites (tertiary alicyclic amines) is 1. The molecule has 3 heterocycles. The number of aromatic nitrogens is 3. The van der Waals surface area contributed by atoms with E-state index in [4.69, 9.17) is 9.15 Å². The number of hydrogen-bond donors (Lipinski definition) is 1. The van der Waals surface area contributed by atoms with Gasteiger partial charge in [-0.1, -0.05) is 5.10 Å². The molecule has 25 heavy (non-hydrogen) atoms. The third-order valence-corrected chi connectivity index (χ3v) is 4.82. The normalized spacial score (nSPS) is 15.2. The highest BCUT2D eigenvalue weighted by Gasteiger charge is 2.24. The van der Waals surface area contributed by atoms with E-state index in [-0.39, 0.29) is 12.1 Å². The summed E-state index contributed by atoms with van der Waals surface area (Å²) in [6, 6.07) is 4.53. The standard InChI is InChI=1S/C16H21N5O3S/c1-2-23-16(22)21-9-5-12(6-10-21)18-15-20-19-14(24-15)11-25-13-3-7-17-8-4-13/h3-4,7-8,12H,2,5-6,9-11H2,1H3,(H,18,20). The van der Waals surface area contributed by atoms with E-state index in [1.54, 1.807) is 29.1 Å². The molecule has 3 rings (SSSR count). The highest BCUT2D eigenvalue weighted by molar-refractivity contribution is 7.98. The molecule has 0 bridgehead atoms. The lowest BCUT2D eigenvalue weighted by molar-refractivity contribution is 0.0982. The van der Waals surface area contributed by atoms with Gasteiger partial charge in [0.05, 0.1) is 12.4 Å². The minimum Gasteiger partial charge on any atom is -0.450 e. The number of anilines is 1. The van der Waals surface area contributed by atoms with Gasteiger partial charge in [0.25, 0.3) is 0 Å². The van der Waals surface area contributed by atoms with Gasteiger partial charge < -0.3 is 19.4 Å². The fraction of sp³-hybridized carbons (Fsp3) is 0.500. The predicted molar refractivity (Wildman–Crippen MR) is 93.3 cm³/mol. The van der Waals surface area contributed by atoms with Crippen LogP contribution >= 0.6 is 11.8 Å². The summed E-state index contributed by atoms with van der Waals surface area (Å²) in [7, 11) is 0. The van der Waals surface area contributed by atoms with Crippen molar-refractivity contribution >= 4 is 23.9 Å². The third kappa shape index (κ3) is 5.09. The van der Waals surface area contributed by atoms with E-state index in [0.29, 0.717) is 37.4 Å². The van der Waals surface area contributed by atoms with Crippen LogP contribution in [0.15, 0.2) is 33.8 Å². The SMILES string of the molecule is CCOC(=O)N1CCC(Nc2nnc(CSc3ccncc3)o2)CC1. The maximum atomic E-state index is 11.7. The largest absolute Gasteiger partial charge is 0.450 e.